The third-order valence-corrected chi connectivity index (χ3v) is 5.13. The standard InChI is InChI=1S/C18H28N2O.ClH/c1-15(16-9-5-3-6-10-16)20(2)17(21)13-18(14-19)11-7-4-8-12-18;/h3,5-6,9-10,15H,4,7-8,11-14,19H2,1-2H3;1H. The molecular weight excluding hydrogens is 296 g/mol. The smallest absolute Gasteiger partial charge is 0.223 e. The SMILES string of the molecule is CC(c1ccccc1)N(C)C(=O)CC1(CN)CCCCC1.Cl. The van der Waals surface area contributed by atoms with Crippen LogP contribution >= 0.6 is 12.4 Å². The Morgan fingerprint density at radius 1 is 1.23 bits per heavy atom. The first-order valence-corrected chi connectivity index (χ1v) is 8.09. The van der Waals surface area contributed by atoms with Gasteiger partial charge in [-0.2, -0.15) is 0 Å². The first kappa shape index (κ1) is 19.0. The van der Waals surface area contributed by atoms with E-state index in [-0.39, 0.29) is 29.8 Å². The van der Waals surface area contributed by atoms with Gasteiger partial charge in [0, 0.05) is 13.5 Å². The normalized spacial score (nSPS) is 18.1. The summed E-state index contributed by atoms with van der Waals surface area (Å²) in [4.78, 5) is 14.5. The monoisotopic (exact) mass is 324 g/mol. The van der Waals surface area contributed by atoms with Crippen molar-refractivity contribution in [2.75, 3.05) is 13.6 Å². The quantitative estimate of drug-likeness (QED) is 0.892. The van der Waals surface area contributed by atoms with Crippen molar-refractivity contribution in [3.8, 4) is 0 Å². The number of hydrogen-bond acceptors (Lipinski definition) is 2. The minimum absolute atomic E-state index is 0. The van der Waals surface area contributed by atoms with E-state index in [1.54, 1.807) is 0 Å². The summed E-state index contributed by atoms with van der Waals surface area (Å²) in [5, 5.41) is 0. The Bertz CT molecular complexity index is 457. The highest BCUT2D eigenvalue weighted by molar-refractivity contribution is 5.85. The molecule has 22 heavy (non-hydrogen) atoms. The van der Waals surface area contributed by atoms with Gasteiger partial charge in [-0.3, -0.25) is 4.79 Å². The highest BCUT2D eigenvalue weighted by atomic mass is 35.5. The molecule has 0 heterocycles. The zero-order valence-electron chi connectivity index (χ0n) is 13.8. The summed E-state index contributed by atoms with van der Waals surface area (Å²) in [5.41, 5.74) is 7.22. The largest absolute Gasteiger partial charge is 0.339 e. The van der Waals surface area contributed by atoms with Crippen LogP contribution in [0.15, 0.2) is 30.3 Å². The molecule has 0 aliphatic heterocycles. The molecule has 2 rings (SSSR count). The van der Waals surface area contributed by atoms with E-state index in [1.165, 1.54) is 24.8 Å². The molecule has 3 nitrogen and oxygen atoms in total. The average molecular weight is 325 g/mol. The molecule has 1 aromatic rings. The number of amides is 1. The van der Waals surface area contributed by atoms with E-state index in [4.69, 9.17) is 5.73 Å². The third kappa shape index (κ3) is 4.47. The van der Waals surface area contributed by atoms with Crippen LogP contribution in [0, 0.1) is 5.41 Å². The van der Waals surface area contributed by atoms with E-state index in [0.29, 0.717) is 13.0 Å². The first-order chi connectivity index (χ1) is 10.1. The zero-order chi connectivity index (χ0) is 15.3. The molecule has 1 unspecified atom stereocenters. The van der Waals surface area contributed by atoms with E-state index in [1.807, 2.05) is 30.1 Å². The van der Waals surface area contributed by atoms with Crippen molar-refractivity contribution in [3.05, 3.63) is 35.9 Å². The summed E-state index contributed by atoms with van der Waals surface area (Å²) in [6, 6.07) is 10.3. The number of hydrogen-bond donors (Lipinski definition) is 1. The summed E-state index contributed by atoms with van der Waals surface area (Å²) in [6.07, 6.45) is 6.50. The average Bonchev–Trinajstić information content (AvgIpc) is 2.55. The van der Waals surface area contributed by atoms with E-state index in [9.17, 15) is 4.79 Å². The minimum atomic E-state index is 0. The van der Waals surface area contributed by atoms with Crippen molar-refractivity contribution in [1.29, 1.82) is 0 Å². The molecular formula is C18H29ClN2O. The van der Waals surface area contributed by atoms with Crippen LogP contribution in [0.2, 0.25) is 0 Å². The van der Waals surface area contributed by atoms with Crippen LogP contribution in [0.5, 0.6) is 0 Å². The van der Waals surface area contributed by atoms with Gasteiger partial charge in [-0.1, -0.05) is 49.6 Å². The Morgan fingerprint density at radius 2 is 1.82 bits per heavy atom. The van der Waals surface area contributed by atoms with Gasteiger partial charge in [0.1, 0.15) is 0 Å². The Hall–Kier alpha value is -1.06. The fourth-order valence-corrected chi connectivity index (χ4v) is 3.37. The summed E-state index contributed by atoms with van der Waals surface area (Å²) in [6.45, 7) is 2.72. The molecule has 1 fully saturated rings. The molecule has 0 saturated heterocycles. The van der Waals surface area contributed by atoms with Gasteiger partial charge < -0.3 is 10.6 Å². The van der Waals surface area contributed by atoms with Gasteiger partial charge in [-0.15, -0.1) is 12.4 Å². The van der Waals surface area contributed by atoms with E-state index in [0.717, 1.165) is 12.8 Å². The summed E-state index contributed by atoms with van der Waals surface area (Å²) >= 11 is 0. The molecule has 1 aromatic carbocycles. The van der Waals surface area contributed by atoms with Crippen LogP contribution in [0.3, 0.4) is 0 Å². The second-order valence-electron chi connectivity index (χ2n) is 6.53. The van der Waals surface area contributed by atoms with E-state index in [2.05, 4.69) is 19.1 Å². The van der Waals surface area contributed by atoms with Crippen molar-refractivity contribution in [1.82, 2.24) is 4.90 Å². The van der Waals surface area contributed by atoms with Gasteiger partial charge in [0.2, 0.25) is 5.91 Å². The van der Waals surface area contributed by atoms with E-state index < -0.39 is 0 Å². The van der Waals surface area contributed by atoms with Crippen molar-refractivity contribution in [3.63, 3.8) is 0 Å². The molecule has 0 aromatic heterocycles. The Kier molecular flexibility index (Phi) is 7.37. The number of carbonyl (C=O) groups is 1. The molecule has 1 atom stereocenters. The molecule has 1 aliphatic rings. The second-order valence-corrected chi connectivity index (χ2v) is 6.53. The van der Waals surface area contributed by atoms with Crippen LogP contribution in [0.25, 0.3) is 0 Å². The predicted octanol–water partition coefficient (Wildman–Crippen LogP) is 3.93. The first-order valence-electron chi connectivity index (χ1n) is 8.09. The Balaban J connectivity index is 0.00000242. The third-order valence-electron chi connectivity index (χ3n) is 5.13. The minimum Gasteiger partial charge on any atom is -0.339 e. The van der Waals surface area contributed by atoms with Gasteiger partial charge in [-0.25, -0.2) is 0 Å². The maximum absolute atomic E-state index is 12.7. The number of nitrogens with two attached hydrogens (primary N) is 1. The summed E-state index contributed by atoms with van der Waals surface area (Å²) < 4.78 is 0. The lowest BCUT2D eigenvalue weighted by Gasteiger charge is -2.37. The van der Waals surface area contributed by atoms with Crippen molar-refractivity contribution >= 4 is 18.3 Å². The Labute approximate surface area is 140 Å². The number of nitrogens with zero attached hydrogens (tertiary/aromatic N) is 1. The van der Waals surface area contributed by atoms with E-state index >= 15 is 0 Å². The van der Waals surface area contributed by atoms with Crippen molar-refractivity contribution in [2.45, 2.75) is 51.5 Å². The molecule has 1 saturated carbocycles. The second kappa shape index (κ2) is 8.54. The zero-order valence-corrected chi connectivity index (χ0v) is 14.6. The lowest BCUT2D eigenvalue weighted by Crippen LogP contribution is -2.40. The lowest BCUT2D eigenvalue weighted by molar-refractivity contribution is -0.134. The van der Waals surface area contributed by atoms with Gasteiger partial charge in [-0.05, 0) is 37.3 Å². The topological polar surface area (TPSA) is 46.3 Å². The molecule has 1 aliphatic carbocycles. The van der Waals surface area contributed by atoms with Gasteiger partial charge in [0.25, 0.3) is 0 Å². The number of rotatable bonds is 5. The molecule has 0 radical (unpaired) electrons. The van der Waals surface area contributed by atoms with Crippen LogP contribution in [0.4, 0.5) is 0 Å². The molecule has 124 valence electrons. The number of carbonyl (C=O) groups excluding carboxylic acids is 1. The van der Waals surface area contributed by atoms with Gasteiger partial charge in [0.05, 0.1) is 6.04 Å². The fourth-order valence-electron chi connectivity index (χ4n) is 3.37. The molecule has 0 spiro atoms. The lowest BCUT2D eigenvalue weighted by atomic mass is 9.71. The molecule has 2 N–H and O–H groups in total. The predicted molar refractivity (Wildman–Crippen MR) is 94.1 cm³/mol. The van der Waals surface area contributed by atoms with Crippen LogP contribution in [-0.2, 0) is 4.79 Å². The van der Waals surface area contributed by atoms with Gasteiger partial charge in [0.15, 0.2) is 0 Å². The Morgan fingerprint density at radius 3 is 2.36 bits per heavy atom. The summed E-state index contributed by atoms with van der Waals surface area (Å²) in [5.74, 6) is 0.221. The molecule has 0 bridgehead atoms. The highest BCUT2D eigenvalue weighted by Gasteiger charge is 2.34. The summed E-state index contributed by atoms with van der Waals surface area (Å²) in [7, 11) is 1.91. The number of benzene rings is 1. The van der Waals surface area contributed by atoms with Crippen molar-refractivity contribution < 1.29 is 4.79 Å². The van der Waals surface area contributed by atoms with Crippen LogP contribution in [0.1, 0.15) is 57.1 Å². The van der Waals surface area contributed by atoms with Crippen LogP contribution < -0.4 is 5.73 Å². The maximum Gasteiger partial charge on any atom is 0.223 e. The van der Waals surface area contributed by atoms with Gasteiger partial charge >= 0.3 is 0 Å². The maximum atomic E-state index is 12.7. The number of halogens is 1. The van der Waals surface area contributed by atoms with Crippen molar-refractivity contribution in [2.24, 2.45) is 11.1 Å². The highest BCUT2D eigenvalue weighted by Crippen LogP contribution is 2.39. The fraction of sp³-hybridized carbons (Fsp3) is 0.611. The molecule has 1 amide bonds. The molecule has 4 heteroatoms. The van der Waals surface area contributed by atoms with Crippen LogP contribution in [-0.4, -0.2) is 24.4 Å².